The molecule has 3 aromatic rings. The Morgan fingerprint density at radius 1 is 1.03 bits per heavy atom. The van der Waals surface area contributed by atoms with Gasteiger partial charge in [0.15, 0.2) is 5.69 Å². The highest BCUT2D eigenvalue weighted by Gasteiger charge is 2.15. The molecule has 8 nitrogen and oxygen atoms in total. The summed E-state index contributed by atoms with van der Waals surface area (Å²) in [7, 11) is 1.70. The van der Waals surface area contributed by atoms with Gasteiger partial charge < -0.3 is 20.7 Å². The van der Waals surface area contributed by atoms with E-state index in [0.29, 0.717) is 24.2 Å². The number of aromatic nitrogens is 3. The number of pyridine rings is 1. The van der Waals surface area contributed by atoms with Crippen LogP contribution in [0.4, 0.5) is 17.3 Å². The Labute approximate surface area is 201 Å². The van der Waals surface area contributed by atoms with Crippen molar-refractivity contribution in [1.29, 1.82) is 5.26 Å². The Bertz CT molecular complexity index is 1060. The van der Waals surface area contributed by atoms with Gasteiger partial charge in [-0.15, -0.1) is 0 Å². The van der Waals surface area contributed by atoms with Crippen molar-refractivity contribution in [3.05, 3.63) is 60.2 Å². The van der Waals surface area contributed by atoms with Gasteiger partial charge in [-0.25, -0.2) is 15.0 Å². The monoisotopic (exact) mass is 459 g/mol. The van der Waals surface area contributed by atoms with Crippen molar-refractivity contribution in [2.45, 2.75) is 33.3 Å². The highest BCUT2D eigenvalue weighted by Crippen LogP contribution is 2.31. The third kappa shape index (κ3) is 6.98. The lowest BCUT2D eigenvalue weighted by atomic mass is 9.97. The van der Waals surface area contributed by atoms with Gasteiger partial charge in [-0.3, -0.25) is 0 Å². The number of nitrogens with zero attached hydrogens (tertiary/aromatic N) is 4. The van der Waals surface area contributed by atoms with Crippen molar-refractivity contribution in [3.63, 3.8) is 0 Å². The van der Waals surface area contributed by atoms with Crippen LogP contribution in [-0.2, 0) is 11.3 Å². The number of benzene rings is 1. The van der Waals surface area contributed by atoms with Gasteiger partial charge >= 0.3 is 0 Å². The Morgan fingerprint density at radius 2 is 1.76 bits per heavy atom. The van der Waals surface area contributed by atoms with Crippen LogP contribution in [-0.4, -0.2) is 41.7 Å². The molecule has 0 saturated carbocycles. The van der Waals surface area contributed by atoms with Crippen LogP contribution >= 0.6 is 0 Å². The number of rotatable bonds is 8. The van der Waals surface area contributed by atoms with Crippen LogP contribution in [0.15, 0.2) is 48.9 Å². The number of ether oxygens (including phenoxy) is 1. The first-order valence-corrected chi connectivity index (χ1v) is 11.8. The van der Waals surface area contributed by atoms with E-state index < -0.39 is 0 Å². The van der Waals surface area contributed by atoms with Crippen LogP contribution in [0, 0.1) is 17.2 Å². The second-order valence-corrected chi connectivity index (χ2v) is 7.84. The molecule has 2 aromatic heterocycles. The van der Waals surface area contributed by atoms with E-state index in [1.807, 2.05) is 32.2 Å². The maximum absolute atomic E-state index is 8.90. The minimum absolute atomic E-state index is 0.278. The molecule has 1 aliphatic rings. The van der Waals surface area contributed by atoms with Crippen molar-refractivity contribution < 1.29 is 4.74 Å². The Morgan fingerprint density at radius 3 is 2.41 bits per heavy atom. The maximum Gasteiger partial charge on any atom is 0.158 e. The maximum atomic E-state index is 8.90. The van der Waals surface area contributed by atoms with Crippen molar-refractivity contribution in [2.75, 3.05) is 37.4 Å². The second kappa shape index (κ2) is 13.2. The summed E-state index contributed by atoms with van der Waals surface area (Å²) in [4.78, 5) is 12.9. The number of nitriles is 1. The lowest BCUT2D eigenvalue weighted by molar-refractivity contribution is 0.185. The summed E-state index contributed by atoms with van der Waals surface area (Å²) in [5.41, 5.74) is 4.56. The van der Waals surface area contributed by atoms with Gasteiger partial charge in [0, 0.05) is 37.2 Å². The molecule has 4 rings (SSSR count). The summed E-state index contributed by atoms with van der Waals surface area (Å²) in [5, 5.41) is 19.2. The molecular formula is C26H33N7O. The number of methoxy groups -OCH3 is 1. The normalized spacial score (nSPS) is 13.4. The largest absolute Gasteiger partial charge is 0.384 e. The minimum Gasteiger partial charge on any atom is -0.384 e. The first kappa shape index (κ1) is 25.1. The molecule has 8 heteroatoms. The molecule has 0 radical (unpaired) electrons. The van der Waals surface area contributed by atoms with Crippen molar-refractivity contribution in [1.82, 2.24) is 20.3 Å². The van der Waals surface area contributed by atoms with Crippen molar-refractivity contribution in [2.24, 2.45) is 5.92 Å². The molecule has 3 heterocycles. The molecular weight excluding hydrogens is 426 g/mol. The summed E-state index contributed by atoms with van der Waals surface area (Å²) < 4.78 is 5.22. The van der Waals surface area contributed by atoms with Gasteiger partial charge in [-0.05, 0) is 43.0 Å². The molecule has 0 unspecified atom stereocenters. The fourth-order valence-corrected chi connectivity index (χ4v) is 3.77. The molecule has 0 atom stereocenters. The van der Waals surface area contributed by atoms with Gasteiger partial charge in [0.2, 0.25) is 0 Å². The molecule has 1 aliphatic heterocycles. The molecule has 0 spiro atoms. The van der Waals surface area contributed by atoms with Crippen molar-refractivity contribution >= 4 is 17.3 Å². The predicted molar refractivity (Wildman–Crippen MR) is 136 cm³/mol. The van der Waals surface area contributed by atoms with E-state index in [-0.39, 0.29) is 5.69 Å². The summed E-state index contributed by atoms with van der Waals surface area (Å²) in [6.45, 7) is 7.64. The minimum atomic E-state index is 0.278. The Hall–Kier alpha value is -3.54. The number of nitrogens with one attached hydrogen (secondary N) is 3. The summed E-state index contributed by atoms with van der Waals surface area (Å²) in [5.74, 6) is 1.84. The third-order valence-electron chi connectivity index (χ3n) is 5.54. The van der Waals surface area contributed by atoms with E-state index in [0.717, 1.165) is 42.0 Å². The van der Waals surface area contributed by atoms with E-state index in [1.54, 1.807) is 7.11 Å². The molecule has 0 amide bonds. The van der Waals surface area contributed by atoms with E-state index in [9.17, 15) is 0 Å². The highest BCUT2D eigenvalue weighted by atomic mass is 16.5. The van der Waals surface area contributed by atoms with E-state index in [1.165, 1.54) is 25.2 Å². The molecule has 1 saturated heterocycles. The van der Waals surface area contributed by atoms with Gasteiger partial charge in [-0.1, -0.05) is 38.1 Å². The molecule has 3 N–H and O–H groups in total. The standard InChI is InChI=1S/C24H27N7O.C2H6/c1-32-16-18-2-4-19(5-3-18)21-14-30-23(31-24-15-27-20(11-25)13-29-24)10-22(21)28-12-17-6-8-26-9-7-17;1-2/h2-5,10,13-15,17,26H,6-9,12,16H2,1H3,(H2,28,29,30,31);1-2H3. The zero-order valence-corrected chi connectivity index (χ0v) is 20.1. The van der Waals surface area contributed by atoms with E-state index in [4.69, 9.17) is 10.00 Å². The average Bonchev–Trinajstić information content (AvgIpc) is 2.90. The van der Waals surface area contributed by atoms with Gasteiger partial charge in [0.1, 0.15) is 17.7 Å². The second-order valence-electron chi connectivity index (χ2n) is 7.84. The number of hydrogen-bond donors (Lipinski definition) is 3. The molecule has 1 aromatic carbocycles. The Kier molecular flexibility index (Phi) is 9.77. The predicted octanol–water partition coefficient (Wildman–Crippen LogP) is 4.74. The Balaban J connectivity index is 0.00000158. The zero-order chi connectivity index (χ0) is 24.2. The van der Waals surface area contributed by atoms with Crippen LogP contribution in [0.1, 0.15) is 37.9 Å². The first-order valence-electron chi connectivity index (χ1n) is 11.8. The van der Waals surface area contributed by atoms with E-state index in [2.05, 4.69) is 55.2 Å². The average molecular weight is 460 g/mol. The van der Waals surface area contributed by atoms with Crippen LogP contribution in [0.3, 0.4) is 0 Å². The summed E-state index contributed by atoms with van der Waals surface area (Å²) in [6, 6.07) is 12.3. The molecule has 178 valence electrons. The van der Waals surface area contributed by atoms with Gasteiger partial charge in [-0.2, -0.15) is 5.26 Å². The van der Waals surface area contributed by atoms with Gasteiger partial charge in [0.05, 0.1) is 19.0 Å². The zero-order valence-electron chi connectivity index (χ0n) is 20.1. The fraction of sp³-hybridized carbons (Fsp3) is 0.385. The van der Waals surface area contributed by atoms with Gasteiger partial charge in [0.25, 0.3) is 0 Å². The lowest BCUT2D eigenvalue weighted by Gasteiger charge is -2.24. The molecule has 34 heavy (non-hydrogen) atoms. The van der Waals surface area contributed by atoms with Crippen LogP contribution in [0.5, 0.6) is 0 Å². The first-order chi connectivity index (χ1) is 16.7. The number of piperidine rings is 1. The number of anilines is 3. The molecule has 0 bridgehead atoms. The van der Waals surface area contributed by atoms with E-state index >= 15 is 0 Å². The quantitative estimate of drug-likeness (QED) is 0.443. The van der Waals surface area contributed by atoms with Crippen LogP contribution in [0.25, 0.3) is 11.1 Å². The van der Waals surface area contributed by atoms with Crippen LogP contribution in [0.2, 0.25) is 0 Å². The molecule has 0 aliphatic carbocycles. The smallest absolute Gasteiger partial charge is 0.158 e. The van der Waals surface area contributed by atoms with Crippen molar-refractivity contribution in [3.8, 4) is 17.2 Å². The molecule has 1 fully saturated rings. The number of hydrogen-bond acceptors (Lipinski definition) is 8. The summed E-state index contributed by atoms with van der Waals surface area (Å²) in [6.07, 6.45) is 7.19. The summed E-state index contributed by atoms with van der Waals surface area (Å²) >= 11 is 0. The van der Waals surface area contributed by atoms with Crippen LogP contribution < -0.4 is 16.0 Å². The lowest BCUT2D eigenvalue weighted by Crippen LogP contribution is -2.31. The SMILES string of the molecule is CC.COCc1ccc(-c2cnc(Nc3cnc(C#N)cn3)cc2NCC2CCNCC2)cc1. The highest BCUT2D eigenvalue weighted by molar-refractivity contribution is 5.79. The fourth-order valence-electron chi connectivity index (χ4n) is 3.77. The topological polar surface area (TPSA) is 108 Å². The third-order valence-corrected chi connectivity index (χ3v) is 5.54.